The van der Waals surface area contributed by atoms with Crippen molar-refractivity contribution in [2.75, 3.05) is 0 Å². The minimum atomic E-state index is 0.132. The largest absolute Gasteiger partial charge is 0.290 e. The summed E-state index contributed by atoms with van der Waals surface area (Å²) in [5.41, 5.74) is 2.05. The van der Waals surface area contributed by atoms with Crippen LogP contribution in [0.2, 0.25) is 0 Å². The summed E-state index contributed by atoms with van der Waals surface area (Å²) < 4.78 is 0. The van der Waals surface area contributed by atoms with E-state index in [1.54, 1.807) is 0 Å². The van der Waals surface area contributed by atoms with E-state index in [1.165, 1.54) is 44.1 Å². The third kappa shape index (κ3) is 3.49. The van der Waals surface area contributed by atoms with Gasteiger partial charge in [-0.05, 0) is 104 Å². The molecule has 0 aromatic heterocycles. The Balaban J connectivity index is 1.53. The molecule has 1 nitrogen and oxygen atoms in total. The number of fused-ring (bicyclic) bond motifs is 5. The lowest BCUT2D eigenvalue weighted by molar-refractivity contribution is -0.111. The van der Waals surface area contributed by atoms with Gasteiger partial charge in [0, 0.05) is 5.41 Å². The zero-order valence-electron chi connectivity index (χ0n) is 20.3. The lowest BCUT2D eigenvalue weighted by Gasteiger charge is -2.57. The molecule has 0 N–H and O–H groups in total. The second-order valence-electron chi connectivity index (χ2n) is 11.9. The first-order valence-corrected chi connectivity index (χ1v) is 12.8. The van der Waals surface area contributed by atoms with Gasteiger partial charge in [0.1, 0.15) is 0 Å². The molecule has 0 radical (unpaired) electrons. The monoisotopic (exact) mass is 408 g/mol. The van der Waals surface area contributed by atoms with Crippen LogP contribution in [0.3, 0.4) is 0 Å². The Morgan fingerprint density at radius 1 is 1.07 bits per heavy atom. The number of hydrogen-bond acceptors (Lipinski definition) is 1. The molecule has 1 heteroatoms. The first kappa shape index (κ1) is 22.1. The minimum absolute atomic E-state index is 0.132. The van der Waals surface area contributed by atoms with Crippen molar-refractivity contribution in [1.29, 1.82) is 0 Å². The Hall–Kier alpha value is -1.11. The van der Waals surface area contributed by atoms with Crippen molar-refractivity contribution < 1.29 is 4.79 Å². The van der Waals surface area contributed by atoms with Gasteiger partial charge in [-0.2, -0.15) is 0 Å². The van der Waals surface area contributed by atoms with E-state index in [9.17, 15) is 4.79 Å². The third-order valence-electron chi connectivity index (χ3n) is 10.3. The molecule has 30 heavy (non-hydrogen) atoms. The molecule has 4 aliphatic rings. The Morgan fingerprint density at radius 2 is 1.83 bits per heavy atom. The van der Waals surface area contributed by atoms with Crippen molar-refractivity contribution in [3.63, 3.8) is 0 Å². The lowest BCUT2D eigenvalue weighted by Crippen LogP contribution is -2.50. The topological polar surface area (TPSA) is 17.1 Å². The highest BCUT2D eigenvalue weighted by atomic mass is 16.1. The zero-order chi connectivity index (χ0) is 21.7. The fourth-order valence-corrected chi connectivity index (χ4v) is 8.38. The highest BCUT2D eigenvalue weighted by molar-refractivity contribution is 6.01. The van der Waals surface area contributed by atoms with Crippen molar-refractivity contribution in [2.24, 2.45) is 52.3 Å². The van der Waals surface area contributed by atoms with E-state index in [4.69, 9.17) is 0 Å². The molecule has 0 amide bonds. The van der Waals surface area contributed by atoms with Gasteiger partial charge in [0.25, 0.3) is 0 Å². The van der Waals surface area contributed by atoms with E-state index in [1.807, 2.05) is 12.2 Å². The fraction of sp³-hybridized carbons (Fsp3) is 0.759. The summed E-state index contributed by atoms with van der Waals surface area (Å²) in [5.74, 6) is 5.62. The van der Waals surface area contributed by atoms with Gasteiger partial charge >= 0.3 is 0 Å². The molecule has 0 saturated heterocycles. The predicted molar refractivity (Wildman–Crippen MR) is 127 cm³/mol. The minimum Gasteiger partial charge on any atom is -0.290 e. The number of ketones is 1. The van der Waals surface area contributed by atoms with Crippen molar-refractivity contribution in [3.8, 4) is 0 Å². The summed E-state index contributed by atoms with van der Waals surface area (Å²) in [7, 11) is 0. The summed E-state index contributed by atoms with van der Waals surface area (Å²) in [5, 5.41) is 0. The first-order valence-electron chi connectivity index (χ1n) is 12.8. The van der Waals surface area contributed by atoms with Crippen LogP contribution in [0.5, 0.6) is 0 Å². The number of allylic oxidation sites excluding steroid dienone is 6. The second-order valence-corrected chi connectivity index (χ2v) is 11.9. The van der Waals surface area contributed by atoms with Crippen LogP contribution in [-0.2, 0) is 4.79 Å². The van der Waals surface area contributed by atoms with Crippen molar-refractivity contribution in [2.45, 2.75) is 86.5 Å². The molecule has 4 rings (SSSR count). The summed E-state index contributed by atoms with van der Waals surface area (Å²) in [6, 6.07) is 0. The predicted octanol–water partition coefficient (Wildman–Crippen LogP) is 7.79. The summed E-state index contributed by atoms with van der Waals surface area (Å²) in [4.78, 5) is 12.0. The Labute approximate surface area is 185 Å². The SMILES string of the molecule is CC[C@H](/C=C/[C@@H](C)[C@H]1CC[C@H]2[C@@H]3CCC4=CC(=O)C=C[C@]4(C)[C@H]3CC[C@]12C)C(C)C. The Kier molecular flexibility index (Phi) is 5.97. The maximum atomic E-state index is 12.0. The van der Waals surface area contributed by atoms with Gasteiger partial charge in [-0.25, -0.2) is 0 Å². The maximum Gasteiger partial charge on any atom is 0.178 e. The number of hydrogen-bond donors (Lipinski definition) is 0. The molecule has 0 unspecified atom stereocenters. The fourth-order valence-electron chi connectivity index (χ4n) is 8.38. The van der Waals surface area contributed by atoms with Crippen LogP contribution >= 0.6 is 0 Å². The smallest absolute Gasteiger partial charge is 0.178 e. The van der Waals surface area contributed by atoms with Crippen LogP contribution in [0, 0.1) is 52.3 Å². The molecule has 0 bridgehead atoms. The molecule has 166 valence electrons. The molecule has 3 fully saturated rings. The third-order valence-corrected chi connectivity index (χ3v) is 10.3. The zero-order valence-corrected chi connectivity index (χ0v) is 20.3. The summed E-state index contributed by atoms with van der Waals surface area (Å²) in [6.45, 7) is 14.6. The molecular formula is C29H44O. The number of rotatable bonds is 5. The van der Waals surface area contributed by atoms with Gasteiger partial charge in [-0.15, -0.1) is 0 Å². The van der Waals surface area contributed by atoms with E-state index in [0.29, 0.717) is 11.3 Å². The lowest BCUT2D eigenvalue weighted by atomic mass is 9.47. The average molecular weight is 409 g/mol. The van der Waals surface area contributed by atoms with E-state index in [0.717, 1.165) is 41.9 Å². The van der Waals surface area contributed by atoms with Gasteiger partial charge in [0.15, 0.2) is 5.78 Å². The van der Waals surface area contributed by atoms with Crippen LogP contribution in [0.15, 0.2) is 36.0 Å². The first-order chi connectivity index (χ1) is 14.2. The van der Waals surface area contributed by atoms with Crippen molar-refractivity contribution >= 4 is 5.78 Å². The molecule has 3 saturated carbocycles. The van der Waals surface area contributed by atoms with Gasteiger partial charge < -0.3 is 0 Å². The maximum absolute atomic E-state index is 12.0. The highest BCUT2D eigenvalue weighted by Gasteiger charge is 2.58. The van der Waals surface area contributed by atoms with Crippen molar-refractivity contribution in [3.05, 3.63) is 36.0 Å². The van der Waals surface area contributed by atoms with E-state index < -0.39 is 0 Å². The Bertz CT molecular complexity index is 754. The van der Waals surface area contributed by atoms with E-state index in [-0.39, 0.29) is 11.2 Å². The quantitative estimate of drug-likeness (QED) is 0.424. The van der Waals surface area contributed by atoms with Crippen LogP contribution in [-0.4, -0.2) is 5.78 Å². The van der Waals surface area contributed by atoms with Crippen LogP contribution in [0.25, 0.3) is 0 Å². The molecule has 4 aliphatic carbocycles. The normalized spacial score (nSPS) is 42.6. The average Bonchev–Trinajstić information content (AvgIpc) is 3.06. The van der Waals surface area contributed by atoms with Crippen LogP contribution < -0.4 is 0 Å². The number of carbonyl (C=O) groups excluding carboxylic acids is 1. The highest BCUT2D eigenvalue weighted by Crippen LogP contribution is 2.67. The second kappa shape index (κ2) is 8.10. The molecule has 0 heterocycles. The van der Waals surface area contributed by atoms with Gasteiger partial charge in [0.2, 0.25) is 0 Å². The van der Waals surface area contributed by atoms with Crippen molar-refractivity contribution in [1.82, 2.24) is 0 Å². The van der Waals surface area contributed by atoms with Gasteiger partial charge in [-0.3, -0.25) is 4.79 Å². The molecule has 0 spiro atoms. The summed E-state index contributed by atoms with van der Waals surface area (Å²) in [6.07, 6.45) is 20.4. The van der Waals surface area contributed by atoms with Crippen LogP contribution in [0.1, 0.15) is 86.5 Å². The molecule has 8 atom stereocenters. The van der Waals surface area contributed by atoms with E-state index in [2.05, 4.69) is 59.8 Å². The van der Waals surface area contributed by atoms with Crippen LogP contribution in [0.4, 0.5) is 0 Å². The molecule has 0 aromatic carbocycles. The Morgan fingerprint density at radius 3 is 2.53 bits per heavy atom. The van der Waals surface area contributed by atoms with Gasteiger partial charge in [-0.1, -0.05) is 65.3 Å². The number of carbonyl (C=O) groups is 1. The molecular weight excluding hydrogens is 364 g/mol. The molecule has 0 aliphatic heterocycles. The summed E-state index contributed by atoms with van der Waals surface area (Å²) >= 11 is 0. The van der Waals surface area contributed by atoms with Gasteiger partial charge in [0.05, 0.1) is 0 Å². The standard InChI is InChI=1S/C29H44O/c1-7-21(19(2)3)9-8-20(4)25-12-13-26-24-11-10-22-18-23(30)14-16-28(22,5)27(24)15-17-29(25,26)6/h8-9,14,16,18-21,24-27H,7,10-13,15,17H2,1-6H3/b9-8+/t20-,21-,24+,25-,26+,27+,28+,29-/m1/s1. The molecule has 0 aromatic rings. The van der Waals surface area contributed by atoms with E-state index >= 15 is 0 Å².